The minimum Gasteiger partial charge on any atom is -0.386 e. The summed E-state index contributed by atoms with van der Waals surface area (Å²) in [6.07, 6.45) is 0.967. The number of epoxide rings is 1. The third-order valence-electron chi connectivity index (χ3n) is 1.61. The summed E-state index contributed by atoms with van der Waals surface area (Å²) in [7, 11) is 0. The molecule has 1 fully saturated rings. The lowest BCUT2D eigenvalue weighted by Crippen LogP contribution is -2.17. The highest BCUT2D eigenvalue weighted by Crippen LogP contribution is 2.37. The fraction of sp³-hybridized carbons (Fsp3) is 0.714. The van der Waals surface area contributed by atoms with Crippen molar-refractivity contribution in [3.05, 3.63) is 12.7 Å². The predicted octanol–water partition coefficient (Wildman–Crippen LogP) is 0.711. The van der Waals surface area contributed by atoms with Gasteiger partial charge in [-0.25, -0.2) is 0 Å². The summed E-state index contributed by atoms with van der Waals surface area (Å²) in [6.45, 7) is 7.36. The molecule has 0 aromatic rings. The molecular weight excluding hydrogens is 116 g/mol. The van der Waals surface area contributed by atoms with Gasteiger partial charge in [-0.2, -0.15) is 0 Å². The monoisotopic (exact) mass is 128 g/mol. The van der Waals surface area contributed by atoms with E-state index in [4.69, 9.17) is 9.84 Å². The van der Waals surface area contributed by atoms with Gasteiger partial charge in [0.2, 0.25) is 0 Å². The Balaban J connectivity index is 2.42. The van der Waals surface area contributed by atoms with Crippen LogP contribution in [0.5, 0.6) is 0 Å². The molecule has 1 heterocycles. The molecule has 0 aromatic heterocycles. The van der Waals surface area contributed by atoms with Crippen molar-refractivity contribution in [1.29, 1.82) is 0 Å². The smallest absolute Gasteiger partial charge is 0.116 e. The summed E-state index contributed by atoms with van der Waals surface area (Å²) in [5.74, 6) is 0. The lowest BCUT2D eigenvalue weighted by molar-refractivity contribution is 0.177. The summed E-state index contributed by atoms with van der Waals surface area (Å²) in [5, 5.41) is 9.09. The molecule has 0 aromatic carbocycles. The van der Waals surface area contributed by atoms with Crippen LogP contribution >= 0.6 is 0 Å². The van der Waals surface area contributed by atoms with Crippen LogP contribution < -0.4 is 0 Å². The second-order valence-corrected chi connectivity index (χ2v) is 2.87. The molecule has 1 N–H and O–H groups in total. The average Bonchev–Trinajstić information content (AvgIpc) is 2.38. The SMILES string of the molecule is C=C[C@H](O)[C@@H]1OC1(C)C. The minimum absolute atomic E-state index is 0.0324. The quantitative estimate of drug-likeness (QED) is 0.439. The van der Waals surface area contributed by atoms with Gasteiger partial charge in [0.05, 0.1) is 5.60 Å². The van der Waals surface area contributed by atoms with E-state index in [9.17, 15) is 0 Å². The maximum Gasteiger partial charge on any atom is 0.116 e. The van der Waals surface area contributed by atoms with Gasteiger partial charge in [-0.15, -0.1) is 6.58 Å². The van der Waals surface area contributed by atoms with Gasteiger partial charge in [0.1, 0.15) is 12.2 Å². The van der Waals surface area contributed by atoms with E-state index in [1.165, 1.54) is 6.08 Å². The van der Waals surface area contributed by atoms with Crippen LogP contribution in [-0.2, 0) is 4.74 Å². The Bertz CT molecular complexity index is 129. The Hall–Kier alpha value is -0.340. The van der Waals surface area contributed by atoms with Crippen molar-refractivity contribution in [2.75, 3.05) is 0 Å². The Morgan fingerprint density at radius 3 is 2.33 bits per heavy atom. The molecular formula is C7H12O2. The third-order valence-corrected chi connectivity index (χ3v) is 1.61. The van der Waals surface area contributed by atoms with Gasteiger partial charge in [0.25, 0.3) is 0 Å². The van der Waals surface area contributed by atoms with Crippen LogP contribution in [0.1, 0.15) is 13.8 Å². The number of ether oxygens (including phenoxy) is 1. The van der Waals surface area contributed by atoms with Crippen LogP contribution in [-0.4, -0.2) is 22.9 Å². The van der Waals surface area contributed by atoms with E-state index < -0.39 is 6.10 Å². The second kappa shape index (κ2) is 1.82. The highest BCUT2D eigenvalue weighted by molar-refractivity contribution is 5.04. The van der Waals surface area contributed by atoms with Crippen LogP contribution in [0.3, 0.4) is 0 Å². The van der Waals surface area contributed by atoms with Crippen LogP contribution in [0.4, 0.5) is 0 Å². The first kappa shape index (κ1) is 6.78. The summed E-state index contributed by atoms with van der Waals surface area (Å²) in [4.78, 5) is 0. The minimum atomic E-state index is -0.500. The zero-order chi connectivity index (χ0) is 7.07. The first-order valence-electron chi connectivity index (χ1n) is 3.06. The zero-order valence-electron chi connectivity index (χ0n) is 5.79. The van der Waals surface area contributed by atoms with Gasteiger partial charge < -0.3 is 9.84 Å². The molecule has 0 radical (unpaired) electrons. The molecule has 1 saturated heterocycles. The van der Waals surface area contributed by atoms with Crippen LogP contribution in [0, 0.1) is 0 Å². The van der Waals surface area contributed by atoms with Gasteiger partial charge in [0, 0.05) is 0 Å². The molecule has 1 aliphatic rings. The molecule has 9 heavy (non-hydrogen) atoms. The average molecular weight is 128 g/mol. The summed E-state index contributed by atoms with van der Waals surface area (Å²) in [5.41, 5.74) is -0.131. The number of aliphatic hydroxyl groups excluding tert-OH is 1. The Morgan fingerprint density at radius 2 is 2.22 bits per heavy atom. The maximum absolute atomic E-state index is 9.09. The van der Waals surface area contributed by atoms with Gasteiger partial charge in [-0.05, 0) is 13.8 Å². The molecule has 0 saturated carbocycles. The largest absolute Gasteiger partial charge is 0.386 e. The second-order valence-electron chi connectivity index (χ2n) is 2.87. The fourth-order valence-electron chi connectivity index (χ4n) is 0.898. The summed E-state index contributed by atoms with van der Waals surface area (Å²) < 4.78 is 5.14. The van der Waals surface area contributed by atoms with E-state index in [1.807, 2.05) is 13.8 Å². The van der Waals surface area contributed by atoms with Crippen LogP contribution in [0.2, 0.25) is 0 Å². The number of aliphatic hydroxyl groups is 1. The number of hydrogen-bond donors (Lipinski definition) is 1. The highest BCUT2D eigenvalue weighted by atomic mass is 16.6. The molecule has 2 heteroatoms. The lowest BCUT2D eigenvalue weighted by Gasteiger charge is -1.99. The zero-order valence-corrected chi connectivity index (χ0v) is 5.79. The highest BCUT2D eigenvalue weighted by Gasteiger charge is 2.51. The van der Waals surface area contributed by atoms with Crippen molar-refractivity contribution in [3.8, 4) is 0 Å². The van der Waals surface area contributed by atoms with E-state index in [2.05, 4.69) is 6.58 Å². The summed E-state index contributed by atoms with van der Waals surface area (Å²) in [6, 6.07) is 0. The molecule has 52 valence electrons. The van der Waals surface area contributed by atoms with E-state index in [0.29, 0.717) is 0 Å². The topological polar surface area (TPSA) is 32.8 Å². The van der Waals surface area contributed by atoms with Crippen molar-refractivity contribution in [2.24, 2.45) is 0 Å². The third kappa shape index (κ3) is 1.14. The molecule has 0 aliphatic carbocycles. The Kier molecular flexibility index (Phi) is 1.37. The normalized spacial score (nSPS) is 33.4. The molecule has 2 nitrogen and oxygen atoms in total. The molecule has 0 bridgehead atoms. The number of rotatable bonds is 2. The van der Waals surface area contributed by atoms with E-state index >= 15 is 0 Å². The van der Waals surface area contributed by atoms with Crippen molar-refractivity contribution in [1.82, 2.24) is 0 Å². The van der Waals surface area contributed by atoms with Crippen LogP contribution in [0.15, 0.2) is 12.7 Å². The van der Waals surface area contributed by atoms with Gasteiger partial charge in [-0.3, -0.25) is 0 Å². The van der Waals surface area contributed by atoms with Gasteiger partial charge in [-0.1, -0.05) is 6.08 Å². The fourth-order valence-corrected chi connectivity index (χ4v) is 0.898. The van der Waals surface area contributed by atoms with E-state index in [1.54, 1.807) is 0 Å². The molecule has 1 rings (SSSR count). The molecule has 1 aliphatic heterocycles. The molecule has 0 unspecified atom stereocenters. The molecule has 0 spiro atoms. The first-order chi connectivity index (χ1) is 4.08. The molecule has 2 atom stereocenters. The molecule has 0 amide bonds. The van der Waals surface area contributed by atoms with Crippen LogP contribution in [0.25, 0.3) is 0 Å². The van der Waals surface area contributed by atoms with Crippen molar-refractivity contribution in [3.63, 3.8) is 0 Å². The van der Waals surface area contributed by atoms with E-state index in [-0.39, 0.29) is 11.7 Å². The van der Waals surface area contributed by atoms with Crippen molar-refractivity contribution >= 4 is 0 Å². The maximum atomic E-state index is 9.09. The summed E-state index contributed by atoms with van der Waals surface area (Å²) >= 11 is 0. The Morgan fingerprint density at radius 1 is 1.78 bits per heavy atom. The van der Waals surface area contributed by atoms with E-state index in [0.717, 1.165) is 0 Å². The predicted molar refractivity (Wildman–Crippen MR) is 35.2 cm³/mol. The Labute approximate surface area is 55.1 Å². The van der Waals surface area contributed by atoms with Crippen molar-refractivity contribution in [2.45, 2.75) is 31.7 Å². The first-order valence-corrected chi connectivity index (χ1v) is 3.06. The standard InChI is InChI=1S/C7H12O2/c1-4-5(8)6-7(2,3)9-6/h4-6,8H,1H2,2-3H3/t5-,6-/m0/s1. The van der Waals surface area contributed by atoms with Gasteiger partial charge >= 0.3 is 0 Å². The van der Waals surface area contributed by atoms with Gasteiger partial charge in [0.15, 0.2) is 0 Å². The number of hydrogen-bond acceptors (Lipinski definition) is 2. The van der Waals surface area contributed by atoms with Crippen molar-refractivity contribution < 1.29 is 9.84 Å². The lowest BCUT2D eigenvalue weighted by atomic mass is 10.1.